The number of hydrogen-bond acceptors (Lipinski definition) is 3. The van der Waals surface area contributed by atoms with Gasteiger partial charge in [0.1, 0.15) is 0 Å². The molecule has 0 aliphatic carbocycles. The Balaban J connectivity index is 1.38. The van der Waals surface area contributed by atoms with Gasteiger partial charge in [0.25, 0.3) is 5.91 Å². The second-order valence-corrected chi connectivity index (χ2v) is 8.92. The van der Waals surface area contributed by atoms with E-state index in [0.29, 0.717) is 0 Å². The van der Waals surface area contributed by atoms with E-state index in [0.717, 1.165) is 49.7 Å². The molecule has 30 heavy (non-hydrogen) atoms. The highest BCUT2D eigenvalue weighted by Gasteiger charge is 2.26. The van der Waals surface area contributed by atoms with Crippen molar-refractivity contribution < 1.29 is 4.79 Å². The van der Waals surface area contributed by atoms with Gasteiger partial charge in [-0.2, -0.15) is 0 Å². The maximum atomic E-state index is 13.3. The molecular weight excluding hydrogens is 372 g/mol. The van der Waals surface area contributed by atoms with Crippen molar-refractivity contribution in [1.29, 1.82) is 0 Å². The van der Waals surface area contributed by atoms with E-state index >= 15 is 0 Å². The van der Waals surface area contributed by atoms with E-state index in [1.54, 1.807) is 0 Å². The summed E-state index contributed by atoms with van der Waals surface area (Å²) in [6.45, 7) is 14.9. The summed E-state index contributed by atoms with van der Waals surface area (Å²) in [5.41, 5.74) is 4.35. The highest BCUT2D eigenvalue weighted by Crippen LogP contribution is 2.26. The van der Waals surface area contributed by atoms with Crippen LogP contribution in [-0.2, 0) is 0 Å². The van der Waals surface area contributed by atoms with Crippen LogP contribution < -0.4 is 0 Å². The highest BCUT2D eigenvalue weighted by molar-refractivity contribution is 5.95. The number of benzene rings is 1. The molecule has 0 saturated carbocycles. The average molecular weight is 409 g/mol. The van der Waals surface area contributed by atoms with Crippen LogP contribution in [0.15, 0.2) is 36.4 Å². The third-order valence-electron chi connectivity index (χ3n) is 6.97. The molecule has 5 nitrogen and oxygen atoms in total. The average Bonchev–Trinajstić information content (AvgIpc) is 3.40. The predicted molar refractivity (Wildman–Crippen MR) is 122 cm³/mol. The van der Waals surface area contributed by atoms with Gasteiger partial charge in [0, 0.05) is 50.7 Å². The Bertz CT molecular complexity index is 846. The van der Waals surface area contributed by atoms with E-state index in [4.69, 9.17) is 0 Å². The van der Waals surface area contributed by atoms with Gasteiger partial charge < -0.3 is 14.4 Å². The Hall–Kier alpha value is -2.11. The number of amides is 1. The first-order valence-corrected chi connectivity index (χ1v) is 11.5. The molecule has 0 radical (unpaired) electrons. The van der Waals surface area contributed by atoms with Crippen molar-refractivity contribution in [2.45, 2.75) is 39.7 Å². The van der Waals surface area contributed by atoms with Gasteiger partial charge in [0.05, 0.1) is 11.6 Å². The van der Waals surface area contributed by atoms with Crippen LogP contribution in [0.1, 0.15) is 53.1 Å². The lowest BCUT2D eigenvalue weighted by molar-refractivity contribution is 0.0626. The summed E-state index contributed by atoms with van der Waals surface area (Å²) in [5.74, 6) is 0.189. The largest absolute Gasteiger partial charge is 0.341 e. The monoisotopic (exact) mass is 408 g/mol. The standard InChI is InChI=1S/C25H36N4O/c1-20-19-24(22(3)29(20)21(2)23-9-5-4-6-10-23)25(30)28-17-15-27(16-18-28)14-13-26-11-7-8-12-26/h4-6,9-10,19,21H,7-8,11-18H2,1-3H3. The molecule has 2 aromatic rings. The SMILES string of the molecule is Cc1cc(C(=O)N2CCN(CCN3CCCC3)CC2)c(C)n1C(C)c1ccccc1. The first kappa shape index (κ1) is 21.1. The fraction of sp³-hybridized carbons (Fsp3) is 0.560. The van der Waals surface area contributed by atoms with Gasteiger partial charge in [-0.05, 0) is 58.3 Å². The number of carbonyl (C=O) groups excluding carboxylic acids is 1. The van der Waals surface area contributed by atoms with E-state index in [-0.39, 0.29) is 11.9 Å². The molecule has 0 bridgehead atoms. The van der Waals surface area contributed by atoms with E-state index in [2.05, 4.69) is 65.5 Å². The van der Waals surface area contributed by atoms with E-state index < -0.39 is 0 Å². The van der Waals surface area contributed by atoms with Crippen molar-refractivity contribution in [3.8, 4) is 0 Å². The van der Waals surface area contributed by atoms with Crippen molar-refractivity contribution in [2.24, 2.45) is 0 Å². The van der Waals surface area contributed by atoms with Gasteiger partial charge in [-0.1, -0.05) is 30.3 Å². The maximum absolute atomic E-state index is 13.3. The predicted octanol–water partition coefficient (Wildman–Crippen LogP) is 3.57. The third-order valence-corrected chi connectivity index (χ3v) is 6.97. The van der Waals surface area contributed by atoms with Gasteiger partial charge >= 0.3 is 0 Å². The Morgan fingerprint density at radius 3 is 2.13 bits per heavy atom. The number of piperazine rings is 1. The van der Waals surface area contributed by atoms with Crippen molar-refractivity contribution in [3.63, 3.8) is 0 Å². The van der Waals surface area contributed by atoms with E-state index in [9.17, 15) is 4.79 Å². The molecule has 2 aliphatic rings. The molecule has 5 heteroatoms. The number of aryl methyl sites for hydroxylation is 1. The molecule has 2 aliphatic heterocycles. The van der Waals surface area contributed by atoms with Crippen molar-refractivity contribution in [1.82, 2.24) is 19.3 Å². The van der Waals surface area contributed by atoms with Crippen LogP contribution in [0.2, 0.25) is 0 Å². The zero-order valence-electron chi connectivity index (χ0n) is 18.8. The third kappa shape index (κ3) is 4.47. The summed E-state index contributed by atoms with van der Waals surface area (Å²) < 4.78 is 2.30. The zero-order chi connectivity index (χ0) is 21.1. The van der Waals surface area contributed by atoms with Gasteiger partial charge in [-0.3, -0.25) is 9.69 Å². The molecule has 0 spiro atoms. The van der Waals surface area contributed by atoms with Gasteiger partial charge in [0.2, 0.25) is 0 Å². The Morgan fingerprint density at radius 2 is 1.50 bits per heavy atom. The molecule has 1 aromatic heterocycles. The van der Waals surface area contributed by atoms with Gasteiger partial charge in [-0.25, -0.2) is 0 Å². The Morgan fingerprint density at radius 1 is 0.900 bits per heavy atom. The quantitative estimate of drug-likeness (QED) is 0.732. The smallest absolute Gasteiger partial charge is 0.255 e. The van der Waals surface area contributed by atoms with E-state index in [1.807, 2.05) is 11.0 Å². The molecule has 4 rings (SSSR count). The molecule has 3 heterocycles. The molecule has 1 atom stereocenters. The number of likely N-dealkylation sites (tertiary alicyclic amines) is 1. The Labute approximate surface area is 181 Å². The number of aromatic nitrogens is 1. The molecular formula is C25H36N4O. The van der Waals surface area contributed by atoms with Crippen LogP contribution in [0.25, 0.3) is 0 Å². The lowest BCUT2D eigenvalue weighted by atomic mass is 10.1. The summed E-state index contributed by atoms with van der Waals surface area (Å²) in [5, 5.41) is 0. The van der Waals surface area contributed by atoms with Crippen LogP contribution in [0.5, 0.6) is 0 Å². The summed E-state index contributed by atoms with van der Waals surface area (Å²) in [6, 6.07) is 12.8. The van der Waals surface area contributed by atoms with Crippen LogP contribution in [0, 0.1) is 13.8 Å². The molecule has 1 aromatic carbocycles. The lowest BCUT2D eigenvalue weighted by Gasteiger charge is -2.35. The van der Waals surface area contributed by atoms with Crippen molar-refractivity contribution >= 4 is 5.91 Å². The first-order valence-electron chi connectivity index (χ1n) is 11.5. The molecule has 1 amide bonds. The number of carbonyl (C=O) groups is 1. The summed E-state index contributed by atoms with van der Waals surface area (Å²) in [7, 11) is 0. The van der Waals surface area contributed by atoms with E-state index in [1.165, 1.54) is 38.0 Å². The van der Waals surface area contributed by atoms with Crippen molar-refractivity contribution in [2.75, 3.05) is 52.4 Å². The van der Waals surface area contributed by atoms with Crippen LogP contribution in [0.4, 0.5) is 0 Å². The number of hydrogen-bond donors (Lipinski definition) is 0. The maximum Gasteiger partial charge on any atom is 0.255 e. The second kappa shape index (κ2) is 9.36. The molecule has 162 valence electrons. The first-order chi connectivity index (χ1) is 14.5. The fourth-order valence-corrected chi connectivity index (χ4v) is 5.10. The fourth-order valence-electron chi connectivity index (χ4n) is 5.10. The lowest BCUT2D eigenvalue weighted by Crippen LogP contribution is -2.50. The van der Waals surface area contributed by atoms with Crippen molar-refractivity contribution in [3.05, 3.63) is 58.9 Å². The number of nitrogens with zero attached hydrogens (tertiary/aromatic N) is 4. The summed E-state index contributed by atoms with van der Waals surface area (Å²) in [6.07, 6.45) is 2.70. The highest BCUT2D eigenvalue weighted by atomic mass is 16.2. The minimum Gasteiger partial charge on any atom is -0.341 e. The molecule has 0 N–H and O–H groups in total. The second-order valence-electron chi connectivity index (χ2n) is 8.92. The van der Waals surface area contributed by atoms with Gasteiger partial charge in [-0.15, -0.1) is 0 Å². The van der Waals surface area contributed by atoms with Crippen LogP contribution >= 0.6 is 0 Å². The minimum atomic E-state index is 0.189. The number of rotatable bonds is 6. The topological polar surface area (TPSA) is 31.7 Å². The Kier molecular flexibility index (Phi) is 6.59. The summed E-state index contributed by atoms with van der Waals surface area (Å²) >= 11 is 0. The summed E-state index contributed by atoms with van der Waals surface area (Å²) in [4.78, 5) is 20.4. The van der Waals surface area contributed by atoms with Crippen LogP contribution in [0.3, 0.4) is 0 Å². The minimum absolute atomic E-state index is 0.189. The normalized spacial score (nSPS) is 19.4. The van der Waals surface area contributed by atoms with Crippen LogP contribution in [-0.4, -0.2) is 77.5 Å². The molecule has 2 saturated heterocycles. The molecule has 2 fully saturated rings. The molecule has 1 unspecified atom stereocenters. The zero-order valence-corrected chi connectivity index (χ0v) is 18.8. The van der Waals surface area contributed by atoms with Gasteiger partial charge in [0.15, 0.2) is 0 Å².